The third-order valence-electron chi connectivity index (χ3n) is 5.25. The summed E-state index contributed by atoms with van der Waals surface area (Å²) in [7, 11) is -3.26. The topological polar surface area (TPSA) is 57.7 Å². The van der Waals surface area contributed by atoms with E-state index in [1.54, 1.807) is 11.2 Å². The maximum atomic E-state index is 12.6. The molecule has 0 aromatic heterocycles. The van der Waals surface area contributed by atoms with Crippen LogP contribution >= 0.6 is 0 Å². The molecule has 2 saturated heterocycles. The van der Waals surface area contributed by atoms with E-state index in [2.05, 4.69) is 0 Å². The van der Waals surface area contributed by atoms with Crippen LogP contribution in [0.15, 0.2) is 30.3 Å². The molecule has 0 atom stereocenters. The van der Waals surface area contributed by atoms with Crippen molar-refractivity contribution in [1.82, 2.24) is 9.21 Å². The smallest absolute Gasteiger partial charge is 0.219 e. The Labute approximate surface area is 138 Å². The molecular formula is C17H24N2O3S. The normalized spacial score (nSPS) is 21.7. The van der Waals surface area contributed by atoms with Crippen molar-refractivity contribution in [2.24, 2.45) is 5.41 Å². The summed E-state index contributed by atoms with van der Waals surface area (Å²) in [5.41, 5.74) is 0.959. The van der Waals surface area contributed by atoms with Crippen LogP contribution in [-0.4, -0.2) is 49.7 Å². The van der Waals surface area contributed by atoms with E-state index < -0.39 is 10.0 Å². The first kappa shape index (κ1) is 16.5. The summed E-state index contributed by atoms with van der Waals surface area (Å²) in [5.74, 6) is 0.196. The molecule has 1 aromatic carbocycles. The fourth-order valence-electron chi connectivity index (χ4n) is 3.73. The van der Waals surface area contributed by atoms with Gasteiger partial charge in [-0.1, -0.05) is 30.3 Å². The van der Waals surface area contributed by atoms with Crippen molar-refractivity contribution < 1.29 is 13.2 Å². The van der Waals surface area contributed by atoms with E-state index >= 15 is 0 Å². The van der Waals surface area contributed by atoms with E-state index in [1.807, 2.05) is 35.2 Å². The van der Waals surface area contributed by atoms with Gasteiger partial charge in [0.2, 0.25) is 15.9 Å². The first-order valence-corrected chi connectivity index (χ1v) is 9.78. The van der Waals surface area contributed by atoms with Crippen LogP contribution in [0.5, 0.6) is 0 Å². The number of benzene rings is 1. The minimum absolute atomic E-state index is 0.0699. The van der Waals surface area contributed by atoms with Crippen molar-refractivity contribution in [2.75, 3.05) is 26.2 Å². The Morgan fingerprint density at radius 2 is 1.70 bits per heavy atom. The summed E-state index contributed by atoms with van der Waals surface area (Å²) in [4.78, 5) is 13.4. The lowest BCUT2D eigenvalue weighted by Crippen LogP contribution is -2.44. The summed E-state index contributed by atoms with van der Waals surface area (Å²) in [6, 6.07) is 9.33. The molecule has 2 aliphatic heterocycles. The van der Waals surface area contributed by atoms with Gasteiger partial charge in [-0.3, -0.25) is 4.79 Å². The predicted octanol–water partition coefficient (Wildman–Crippen LogP) is 1.85. The molecule has 1 amide bonds. The van der Waals surface area contributed by atoms with Gasteiger partial charge in [-0.2, -0.15) is 0 Å². The van der Waals surface area contributed by atoms with Gasteiger partial charge < -0.3 is 4.90 Å². The Hall–Kier alpha value is -1.40. The van der Waals surface area contributed by atoms with Gasteiger partial charge in [0, 0.05) is 33.1 Å². The lowest BCUT2D eigenvalue weighted by atomic mass is 9.78. The van der Waals surface area contributed by atoms with Gasteiger partial charge in [-0.05, 0) is 30.2 Å². The molecule has 1 spiro atoms. The highest BCUT2D eigenvalue weighted by Gasteiger charge is 2.43. The number of amides is 1. The van der Waals surface area contributed by atoms with Crippen LogP contribution in [0.4, 0.5) is 0 Å². The molecular weight excluding hydrogens is 312 g/mol. The second-order valence-electron chi connectivity index (χ2n) is 6.83. The van der Waals surface area contributed by atoms with Gasteiger partial charge in [0.15, 0.2) is 0 Å². The van der Waals surface area contributed by atoms with Gasteiger partial charge in [-0.15, -0.1) is 0 Å². The molecule has 3 rings (SSSR count). The van der Waals surface area contributed by atoms with E-state index in [9.17, 15) is 13.2 Å². The maximum absolute atomic E-state index is 12.6. The number of nitrogens with zero attached hydrogens (tertiary/aromatic N) is 2. The van der Waals surface area contributed by atoms with Gasteiger partial charge in [0.05, 0.1) is 5.75 Å². The molecule has 0 N–H and O–H groups in total. The van der Waals surface area contributed by atoms with Gasteiger partial charge >= 0.3 is 0 Å². The molecule has 0 bridgehead atoms. The van der Waals surface area contributed by atoms with Crippen molar-refractivity contribution in [3.63, 3.8) is 0 Å². The summed E-state index contributed by atoms with van der Waals surface area (Å²) >= 11 is 0. The minimum atomic E-state index is -3.26. The minimum Gasteiger partial charge on any atom is -0.342 e. The summed E-state index contributed by atoms with van der Waals surface area (Å²) in [6.07, 6.45) is 2.70. The summed E-state index contributed by atoms with van der Waals surface area (Å²) in [6.45, 7) is 4.35. The Kier molecular flexibility index (Phi) is 4.47. The van der Waals surface area contributed by atoms with E-state index in [0.717, 1.165) is 37.9 Å². The van der Waals surface area contributed by atoms with E-state index in [1.165, 1.54) is 0 Å². The third-order valence-corrected chi connectivity index (χ3v) is 7.10. The van der Waals surface area contributed by atoms with E-state index in [0.29, 0.717) is 13.1 Å². The SMILES string of the molecule is CC(=O)N1CCC2(CCN(S(=O)(=O)Cc3ccccc3)CC2)C1. The average molecular weight is 336 g/mol. The predicted molar refractivity (Wildman–Crippen MR) is 89.2 cm³/mol. The fraction of sp³-hybridized carbons (Fsp3) is 0.588. The van der Waals surface area contributed by atoms with Crippen LogP contribution in [0.1, 0.15) is 31.7 Å². The van der Waals surface area contributed by atoms with Crippen LogP contribution in [0, 0.1) is 5.41 Å². The maximum Gasteiger partial charge on any atom is 0.219 e. The molecule has 0 saturated carbocycles. The molecule has 2 aliphatic rings. The zero-order valence-electron chi connectivity index (χ0n) is 13.6. The number of piperidine rings is 1. The first-order chi connectivity index (χ1) is 10.9. The quantitative estimate of drug-likeness (QED) is 0.846. The van der Waals surface area contributed by atoms with Gasteiger partial charge in [0.1, 0.15) is 0 Å². The number of sulfonamides is 1. The highest BCUT2D eigenvalue weighted by molar-refractivity contribution is 7.88. The number of carbonyl (C=O) groups is 1. The Balaban J connectivity index is 1.61. The highest BCUT2D eigenvalue weighted by atomic mass is 32.2. The molecule has 0 aliphatic carbocycles. The van der Waals surface area contributed by atoms with Crippen molar-refractivity contribution in [2.45, 2.75) is 31.9 Å². The zero-order chi connectivity index (χ0) is 16.5. The van der Waals surface area contributed by atoms with Crippen molar-refractivity contribution in [3.8, 4) is 0 Å². The summed E-state index contributed by atoms with van der Waals surface area (Å²) < 4.78 is 26.8. The monoisotopic (exact) mass is 336 g/mol. The Morgan fingerprint density at radius 1 is 1.09 bits per heavy atom. The number of rotatable bonds is 3. The van der Waals surface area contributed by atoms with Crippen LogP contribution in [-0.2, 0) is 20.6 Å². The van der Waals surface area contributed by atoms with Gasteiger partial charge in [0.25, 0.3) is 0 Å². The molecule has 5 nitrogen and oxygen atoms in total. The van der Waals surface area contributed by atoms with Crippen LogP contribution in [0.3, 0.4) is 0 Å². The lowest BCUT2D eigenvalue weighted by Gasteiger charge is -2.38. The largest absolute Gasteiger partial charge is 0.342 e. The second kappa shape index (κ2) is 6.24. The van der Waals surface area contributed by atoms with Crippen LogP contribution in [0.2, 0.25) is 0 Å². The zero-order valence-corrected chi connectivity index (χ0v) is 14.4. The Bertz CT molecular complexity index is 664. The highest BCUT2D eigenvalue weighted by Crippen LogP contribution is 2.41. The van der Waals surface area contributed by atoms with E-state index in [-0.39, 0.29) is 17.1 Å². The molecule has 2 heterocycles. The standard InChI is InChI=1S/C17H24N2O3S/c1-15(20)18-10-7-17(14-18)8-11-19(12-9-17)23(21,22)13-16-5-3-2-4-6-16/h2-6H,7-14H2,1H3. The number of hydrogen-bond donors (Lipinski definition) is 0. The molecule has 1 aromatic rings. The molecule has 0 radical (unpaired) electrons. The van der Waals surface area contributed by atoms with Crippen molar-refractivity contribution in [3.05, 3.63) is 35.9 Å². The van der Waals surface area contributed by atoms with Crippen LogP contribution in [0.25, 0.3) is 0 Å². The number of hydrogen-bond acceptors (Lipinski definition) is 3. The lowest BCUT2D eigenvalue weighted by molar-refractivity contribution is -0.128. The molecule has 126 valence electrons. The molecule has 23 heavy (non-hydrogen) atoms. The number of likely N-dealkylation sites (tertiary alicyclic amines) is 1. The second-order valence-corrected chi connectivity index (χ2v) is 8.80. The van der Waals surface area contributed by atoms with E-state index in [4.69, 9.17) is 0 Å². The van der Waals surface area contributed by atoms with Crippen molar-refractivity contribution in [1.29, 1.82) is 0 Å². The average Bonchev–Trinajstić information content (AvgIpc) is 2.92. The molecule has 2 fully saturated rings. The van der Waals surface area contributed by atoms with Gasteiger partial charge in [-0.25, -0.2) is 12.7 Å². The van der Waals surface area contributed by atoms with Crippen molar-refractivity contribution >= 4 is 15.9 Å². The number of carbonyl (C=O) groups excluding carboxylic acids is 1. The Morgan fingerprint density at radius 3 is 2.26 bits per heavy atom. The first-order valence-electron chi connectivity index (χ1n) is 8.18. The molecule has 0 unspecified atom stereocenters. The van der Waals surface area contributed by atoms with Crippen LogP contribution < -0.4 is 0 Å². The molecule has 6 heteroatoms. The summed E-state index contributed by atoms with van der Waals surface area (Å²) in [5, 5.41) is 0. The fourth-order valence-corrected chi connectivity index (χ4v) is 5.26. The third kappa shape index (κ3) is 3.58.